The number of unbranched alkanes of at least 4 members (excludes halogenated alkanes) is 1. The Morgan fingerprint density at radius 3 is 2.36 bits per heavy atom. The highest BCUT2D eigenvalue weighted by molar-refractivity contribution is 7.91. The maximum Gasteiger partial charge on any atom is 0.178 e. The minimum Gasteiger partial charge on any atom is -0.265 e. The van der Waals surface area contributed by atoms with Crippen molar-refractivity contribution in [2.45, 2.75) is 17.7 Å². The normalized spacial score (nSPS) is 11.5. The molecular weight excluding hydrogens is 202 g/mol. The first-order valence-electron chi connectivity index (χ1n) is 4.38. The zero-order valence-corrected chi connectivity index (χ0v) is 8.53. The standard InChI is InChI=1S/C9H12NO3S/c11-7-1-2-8-14(12,13)9-3-5-10-6-4-9/h3-6H,1-2,7-8H2. The van der Waals surface area contributed by atoms with Crippen molar-refractivity contribution in [1.82, 2.24) is 4.98 Å². The molecule has 0 N–H and O–H groups in total. The van der Waals surface area contributed by atoms with E-state index in [2.05, 4.69) is 4.98 Å². The van der Waals surface area contributed by atoms with E-state index in [1.807, 2.05) is 0 Å². The molecule has 0 fully saturated rings. The summed E-state index contributed by atoms with van der Waals surface area (Å²) in [5.41, 5.74) is 0. The highest BCUT2D eigenvalue weighted by Gasteiger charge is 2.12. The Labute approximate surface area is 83.5 Å². The van der Waals surface area contributed by atoms with Crippen LogP contribution in [0.2, 0.25) is 0 Å². The molecule has 0 spiro atoms. The molecule has 0 saturated heterocycles. The number of hydrogen-bond donors (Lipinski definition) is 0. The fraction of sp³-hybridized carbons (Fsp3) is 0.444. The summed E-state index contributed by atoms with van der Waals surface area (Å²) in [4.78, 5) is 4.02. The lowest BCUT2D eigenvalue weighted by atomic mass is 10.4. The first kappa shape index (κ1) is 11.1. The van der Waals surface area contributed by atoms with Crippen LogP contribution >= 0.6 is 0 Å². The summed E-state index contributed by atoms with van der Waals surface area (Å²) in [5, 5.41) is 10.1. The van der Waals surface area contributed by atoms with Crippen molar-refractivity contribution in [1.29, 1.82) is 0 Å². The van der Waals surface area contributed by atoms with Crippen LogP contribution in [0.5, 0.6) is 0 Å². The molecule has 0 amide bonds. The minimum absolute atomic E-state index is 0.0409. The molecule has 1 aromatic rings. The third kappa shape index (κ3) is 3.08. The van der Waals surface area contributed by atoms with Crippen LogP contribution in [0.4, 0.5) is 0 Å². The largest absolute Gasteiger partial charge is 0.265 e. The number of aromatic nitrogens is 1. The molecule has 1 heterocycles. The molecule has 4 nitrogen and oxygen atoms in total. The summed E-state index contributed by atoms with van der Waals surface area (Å²) in [6.45, 7) is -0.216. The molecule has 1 radical (unpaired) electrons. The average Bonchev–Trinajstić information content (AvgIpc) is 2.19. The van der Waals surface area contributed by atoms with Gasteiger partial charge < -0.3 is 0 Å². The minimum atomic E-state index is -3.21. The van der Waals surface area contributed by atoms with Crippen LogP contribution in [0.15, 0.2) is 29.4 Å². The van der Waals surface area contributed by atoms with Gasteiger partial charge in [-0.15, -0.1) is 0 Å². The third-order valence-corrected chi connectivity index (χ3v) is 3.63. The van der Waals surface area contributed by atoms with Crippen LogP contribution in [0.25, 0.3) is 0 Å². The van der Waals surface area contributed by atoms with Crippen LogP contribution in [0, 0.1) is 0 Å². The Morgan fingerprint density at radius 2 is 1.79 bits per heavy atom. The van der Waals surface area contributed by atoms with Gasteiger partial charge in [0.15, 0.2) is 9.84 Å². The van der Waals surface area contributed by atoms with Gasteiger partial charge >= 0.3 is 0 Å². The van der Waals surface area contributed by atoms with Gasteiger partial charge in [-0.1, -0.05) is 0 Å². The summed E-state index contributed by atoms with van der Waals surface area (Å²) >= 11 is 0. The topological polar surface area (TPSA) is 66.9 Å². The van der Waals surface area contributed by atoms with E-state index in [0.717, 1.165) is 0 Å². The predicted molar refractivity (Wildman–Crippen MR) is 51.1 cm³/mol. The van der Waals surface area contributed by atoms with E-state index in [1.165, 1.54) is 24.5 Å². The maximum absolute atomic E-state index is 11.6. The lowest BCUT2D eigenvalue weighted by Crippen LogP contribution is -2.07. The first-order chi connectivity index (χ1) is 6.67. The van der Waals surface area contributed by atoms with Gasteiger partial charge in [0.2, 0.25) is 0 Å². The molecule has 0 atom stereocenters. The highest BCUT2D eigenvalue weighted by Crippen LogP contribution is 2.10. The molecule has 0 aliphatic carbocycles. The zero-order chi connectivity index (χ0) is 10.4. The van der Waals surface area contributed by atoms with Crippen LogP contribution < -0.4 is 0 Å². The van der Waals surface area contributed by atoms with Crippen molar-refractivity contribution in [3.63, 3.8) is 0 Å². The maximum atomic E-state index is 11.6. The smallest absolute Gasteiger partial charge is 0.178 e. The molecule has 0 bridgehead atoms. The molecule has 1 rings (SSSR count). The van der Waals surface area contributed by atoms with Crippen molar-refractivity contribution in [3.05, 3.63) is 24.5 Å². The Balaban J connectivity index is 2.67. The Kier molecular flexibility index (Phi) is 4.03. The van der Waals surface area contributed by atoms with Gasteiger partial charge in [0.05, 0.1) is 17.3 Å². The fourth-order valence-corrected chi connectivity index (χ4v) is 2.41. The summed E-state index contributed by atoms with van der Waals surface area (Å²) in [5.74, 6) is 0.0409. The van der Waals surface area contributed by atoms with Gasteiger partial charge in [0.25, 0.3) is 0 Å². The molecule has 0 aliphatic heterocycles. The molecule has 0 aliphatic rings. The second-order valence-corrected chi connectivity index (χ2v) is 5.02. The second kappa shape index (κ2) is 5.07. The quantitative estimate of drug-likeness (QED) is 0.688. The second-order valence-electron chi connectivity index (χ2n) is 2.91. The van der Waals surface area contributed by atoms with Gasteiger partial charge in [-0.25, -0.2) is 13.5 Å². The monoisotopic (exact) mass is 214 g/mol. The highest BCUT2D eigenvalue weighted by atomic mass is 32.2. The molecule has 14 heavy (non-hydrogen) atoms. The molecule has 5 heteroatoms. The van der Waals surface area contributed by atoms with Crippen molar-refractivity contribution in [3.8, 4) is 0 Å². The zero-order valence-electron chi connectivity index (χ0n) is 7.72. The van der Waals surface area contributed by atoms with E-state index < -0.39 is 9.84 Å². The van der Waals surface area contributed by atoms with E-state index >= 15 is 0 Å². The first-order valence-corrected chi connectivity index (χ1v) is 6.03. The SMILES string of the molecule is [O]CCCCS(=O)(=O)c1ccncc1. The van der Waals surface area contributed by atoms with Crippen LogP contribution in [0.1, 0.15) is 12.8 Å². The van der Waals surface area contributed by atoms with Crippen LogP contribution in [-0.4, -0.2) is 25.8 Å². The predicted octanol–water partition coefficient (Wildman–Crippen LogP) is 1.07. The van der Waals surface area contributed by atoms with Crippen molar-refractivity contribution >= 4 is 9.84 Å². The van der Waals surface area contributed by atoms with E-state index in [-0.39, 0.29) is 17.3 Å². The summed E-state index contributed by atoms with van der Waals surface area (Å²) in [6.07, 6.45) is 3.72. The van der Waals surface area contributed by atoms with E-state index in [0.29, 0.717) is 12.8 Å². The lowest BCUT2D eigenvalue weighted by Gasteiger charge is -2.02. The molecule has 0 aromatic carbocycles. The number of rotatable bonds is 5. The lowest BCUT2D eigenvalue weighted by molar-refractivity contribution is 0.188. The van der Waals surface area contributed by atoms with Gasteiger partial charge in [-0.3, -0.25) is 4.98 Å². The fourth-order valence-electron chi connectivity index (χ4n) is 1.06. The van der Waals surface area contributed by atoms with Crippen molar-refractivity contribution in [2.24, 2.45) is 0 Å². The Hall–Kier alpha value is -0.940. The van der Waals surface area contributed by atoms with E-state index in [9.17, 15) is 13.5 Å². The van der Waals surface area contributed by atoms with Crippen molar-refractivity contribution in [2.75, 3.05) is 12.4 Å². The molecule has 77 valence electrons. The molecule has 0 saturated carbocycles. The van der Waals surface area contributed by atoms with E-state index in [1.54, 1.807) is 0 Å². The number of hydrogen-bond acceptors (Lipinski definition) is 3. The van der Waals surface area contributed by atoms with Gasteiger partial charge in [-0.05, 0) is 25.0 Å². The van der Waals surface area contributed by atoms with E-state index in [4.69, 9.17) is 0 Å². The summed E-state index contributed by atoms with van der Waals surface area (Å²) in [6, 6.07) is 2.93. The Morgan fingerprint density at radius 1 is 1.14 bits per heavy atom. The Bertz CT molecular complexity index is 361. The molecule has 1 aromatic heterocycles. The van der Waals surface area contributed by atoms with Crippen LogP contribution in [-0.2, 0) is 14.9 Å². The van der Waals surface area contributed by atoms with Crippen LogP contribution in [0.3, 0.4) is 0 Å². The van der Waals surface area contributed by atoms with Gasteiger partial charge in [0, 0.05) is 12.4 Å². The number of pyridine rings is 1. The van der Waals surface area contributed by atoms with Gasteiger partial charge in [0.1, 0.15) is 0 Å². The van der Waals surface area contributed by atoms with Crippen molar-refractivity contribution < 1.29 is 13.5 Å². The van der Waals surface area contributed by atoms with Gasteiger partial charge in [-0.2, -0.15) is 0 Å². The summed E-state index contributed by atoms with van der Waals surface area (Å²) in [7, 11) is -3.21. The molecule has 0 unspecified atom stereocenters. The molecular formula is C9H12NO3S. The average molecular weight is 214 g/mol. The third-order valence-electron chi connectivity index (χ3n) is 1.82. The number of sulfone groups is 1. The summed E-state index contributed by atoms with van der Waals surface area (Å²) < 4.78 is 23.2. The number of nitrogens with zero attached hydrogens (tertiary/aromatic N) is 1.